The summed E-state index contributed by atoms with van der Waals surface area (Å²) < 4.78 is 7.06. The van der Waals surface area contributed by atoms with Gasteiger partial charge in [0.15, 0.2) is 0 Å². The summed E-state index contributed by atoms with van der Waals surface area (Å²) in [5.41, 5.74) is 8.90. The summed E-state index contributed by atoms with van der Waals surface area (Å²) in [7, 11) is 0. The van der Waals surface area contributed by atoms with Gasteiger partial charge in [0, 0.05) is 16.7 Å². The van der Waals surface area contributed by atoms with Gasteiger partial charge in [-0.1, -0.05) is 23.7 Å². The summed E-state index contributed by atoms with van der Waals surface area (Å²) in [5, 5.41) is 5.25. The average molecular weight is 288 g/mol. The van der Waals surface area contributed by atoms with E-state index in [1.54, 1.807) is 10.9 Å². The molecule has 0 radical (unpaired) electrons. The molecule has 0 saturated carbocycles. The number of hydrogen-bond acceptors (Lipinski definition) is 3. The van der Waals surface area contributed by atoms with Gasteiger partial charge in [-0.05, 0) is 30.7 Å². The molecule has 0 bridgehead atoms. The minimum Gasteiger partial charge on any atom is -0.469 e. The second kappa shape index (κ2) is 5.06. The van der Waals surface area contributed by atoms with Crippen molar-refractivity contribution in [1.29, 1.82) is 0 Å². The Morgan fingerprint density at radius 2 is 2.00 bits per heavy atom. The maximum absolute atomic E-state index is 6.02. The molecule has 5 heteroatoms. The van der Waals surface area contributed by atoms with E-state index in [0.29, 0.717) is 12.4 Å². The first kappa shape index (κ1) is 12.8. The maximum Gasteiger partial charge on any atom is 0.122 e. The number of nitrogen functional groups attached to an aromatic ring is 1. The number of rotatable bonds is 3. The van der Waals surface area contributed by atoms with E-state index in [0.717, 1.165) is 27.6 Å². The Balaban J connectivity index is 1.90. The first-order valence-electron chi connectivity index (χ1n) is 6.26. The van der Waals surface area contributed by atoms with Gasteiger partial charge in [0.05, 0.1) is 18.5 Å². The number of benzene rings is 1. The Bertz CT molecular complexity index is 728. The lowest BCUT2D eigenvalue weighted by Gasteiger charge is -2.04. The third-order valence-electron chi connectivity index (χ3n) is 3.19. The Morgan fingerprint density at radius 3 is 2.65 bits per heavy atom. The summed E-state index contributed by atoms with van der Waals surface area (Å²) in [6.07, 6.45) is 1.65. The zero-order chi connectivity index (χ0) is 14.1. The van der Waals surface area contributed by atoms with Gasteiger partial charge in [0.25, 0.3) is 0 Å². The number of nitrogens with zero attached hydrogens (tertiary/aromatic N) is 2. The molecule has 20 heavy (non-hydrogen) atoms. The van der Waals surface area contributed by atoms with E-state index in [4.69, 9.17) is 21.8 Å². The molecule has 0 fully saturated rings. The Morgan fingerprint density at radius 1 is 1.25 bits per heavy atom. The molecule has 0 aliphatic heterocycles. The molecule has 0 unspecified atom stereocenters. The highest BCUT2D eigenvalue weighted by molar-refractivity contribution is 6.30. The van der Waals surface area contributed by atoms with Crippen LogP contribution in [0, 0.1) is 6.92 Å². The zero-order valence-electron chi connectivity index (χ0n) is 11.0. The lowest BCUT2D eigenvalue weighted by atomic mass is 10.2. The largest absolute Gasteiger partial charge is 0.469 e. The lowest BCUT2D eigenvalue weighted by molar-refractivity contribution is 0.535. The van der Waals surface area contributed by atoms with Crippen LogP contribution >= 0.6 is 11.6 Å². The van der Waals surface area contributed by atoms with Crippen LogP contribution in [0.4, 0.5) is 5.82 Å². The highest BCUT2D eigenvalue weighted by atomic mass is 35.5. The molecule has 0 aliphatic rings. The monoisotopic (exact) mass is 287 g/mol. The van der Waals surface area contributed by atoms with E-state index >= 15 is 0 Å². The van der Waals surface area contributed by atoms with Crippen LogP contribution in [0.25, 0.3) is 11.3 Å². The van der Waals surface area contributed by atoms with Crippen molar-refractivity contribution in [2.75, 3.05) is 5.73 Å². The van der Waals surface area contributed by atoms with E-state index in [-0.39, 0.29) is 0 Å². The molecule has 0 atom stereocenters. The maximum atomic E-state index is 6.02. The molecule has 0 spiro atoms. The molecule has 2 heterocycles. The number of anilines is 1. The first-order chi connectivity index (χ1) is 9.63. The Hall–Kier alpha value is -2.20. The third kappa shape index (κ3) is 2.42. The normalized spacial score (nSPS) is 10.9. The molecule has 2 aromatic heterocycles. The minimum atomic E-state index is 0.611. The molecule has 0 amide bonds. The topological polar surface area (TPSA) is 57.0 Å². The number of aromatic nitrogens is 2. The first-order valence-corrected chi connectivity index (χ1v) is 6.63. The molecule has 2 N–H and O–H groups in total. The fraction of sp³-hybridized carbons (Fsp3) is 0.133. The summed E-state index contributed by atoms with van der Waals surface area (Å²) in [6.45, 7) is 2.52. The quantitative estimate of drug-likeness (QED) is 0.798. The van der Waals surface area contributed by atoms with Crippen molar-refractivity contribution in [1.82, 2.24) is 9.78 Å². The highest BCUT2D eigenvalue weighted by Gasteiger charge is 2.11. The lowest BCUT2D eigenvalue weighted by Crippen LogP contribution is -2.05. The van der Waals surface area contributed by atoms with Crippen molar-refractivity contribution in [2.24, 2.45) is 0 Å². The molecule has 3 aromatic rings. The van der Waals surface area contributed by atoms with Gasteiger partial charge in [0.1, 0.15) is 11.6 Å². The molecular formula is C15H14ClN3O. The van der Waals surface area contributed by atoms with Gasteiger partial charge in [-0.15, -0.1) is 0 Å². The van der Waals surface area contributed by atoms with Crippen molar-refractivity contribution in [3.63, 3.8) is 0 Å². The van der Waals surface area contributed by atoms with Crippen LogP contribution in [0.5, 0.6) is 0 Å². The number of furan rings is 1. The molecule has 0 aliphatic carbocycles. The van der Waals surface area contributed by atoms with Crippen molar-refractivity contribution < 1.29 is 4.42 Å². The standard InChI is InChI=1S/C15H14ClN3O/c1-10-13(6-7-20-10)14-8-15(17)19(18-14)9-11-2-4-12(16)5-3-11/h2-8H,9,17H2,1H3. The smallest absolute Gasteiger partial charge is 0.122 e. The van der Waals surface area contributed by atoms with Crippen molar-refractivity contribution in [2.45, 2.75) is 13.5 Å². The second-order valence-corrected chi connectivity index (χ2v) is 5.07. The van der Waals surface area contributed by atoms with E-state index in [2.05, 4.69) is 5.10 Å². The highest BCUT2D eigenvalue weighted by Crippen LogP contribution is 2.25. The molecular weight excluding hydrogens is 274 g/mol. The van der Waals surface area contributed by atoms with E-state index in [9.17, 15) is 0 Å². The van der Waals surface area contributed by atoms with Gasteiger partial charge < -0.3 is 10.2 Å². The van der Waals surface area contributed by atoms with Crippen LogP contribution in [-0.2, 0) is 6.54 Å². The molecule has 4 nitrogen and oxygen atoms in total. The van der Waals surface area contributed by atoms with Crippen molar-refractivity contribution in [3.8, 4) is 11.3 Å². The van der Waals surface area contributed by atoms with E-state index in [1.165, 1.54) is 0 Å². The van der Waals surface area contributed by atoms with Crippen LogP contribution in [0.15, 0.2) is 47.1 Å². The number of aryl methyl sites for hydroxylation is 1. The zero-order valence-corrected chi connectivity index (χ0v) is 11.8. The van der Waals surface area contributed by atoms with Crippen LogP contribution in [0.1, 0.15) is 11.3 Å². The number of halogens is 1. The van der Waals surface area contributed by atoms with Gasteiger partial charge in [-0.2, -0.15) is 5.10 Å². The third-order valence-corrected chi connectivity index (χ3v) is 3.44. The number of hydrogen-bond donors (Lipinski definition) is 1. The van der Waals surface area contributed by atoms with E-state index < -0.39 is 0 Å². The molecule has 1 aromatic carbocycles. The summed E-state index contributed by atoms with van der Waals surface area (Å²) in [4.78, 5) is 0. The number of nitrogens with two attached hydrogens (primary N) is 1. The van der Waals surface area contributed by atoms with Gasteiger partial charge in [-0.25, -0.2) is 4.68 Å². The Labute approximate surface area is 121 Å². The second-order valence-electron chi connectivity index (χ2n) is 4.63. The van der Waals surface area contributed by atoms with Gasteiger partial charge in [-0.3, -0.25) is 0 Å². The summed E-state index contributed by atoms with van der Waals surface area (Å²) >= 11 is 5.88. The fourth-order valence-corrected chi connectivity index (χ4v) is 2.23. The average Bonchev–Trinajstić information content (AvgIpc) is 2.99. The molecule has 102 valence electrons. The Kier molecular flexibility index (Phi) is 3.24. The van der Waals surface area contributed by atoms with Crippen molar-refractivity contribution >= 4 is 17.4 Å². The van der Waals surface area contributed by atoms with Crippen LogP contribution in [-0.4, -0.2) is 9.78 Å². The minimum absolute atomic E-state index is 0.611. The van der Waals surface area contributed by atoms with Crippen molar-refractivity contribution in [3.05, 3.63) is 59.0 Å². The predicted molar refractivity (Wildman–Crippen MR) is 79.6 cm³/mol. The molecule has 0 saturated heterocycles. The fourth-order valence-electron chi connectivity index (χ4n) is 2.10. The van der Waals surface area contributed by atoms with E-state index in [1.807, 2.05) is 43.3 Å². The predicted octanol–water partition coefficient (Wildman–Crippen LogP) is 3.74. The molecule has 3 rings (SSSR count). The van der Waals surface area contributed by atoms with Gasteiger partial charge in [0.2, 0.25) is 0 Å². The van der Waals surface area contributed by atoms with Crippen LogP contribution in [0.3, 0.4) is 0 Å². The van der Waals surface area contributed by atoms with Crippen LogP contribution < -0.4 is 5.73 Å². The van der Waals surface area contributed by atoms with Crippen LogP contribution in [0.2, 0.25) is 5.02 Å². The SMILES string of the molecule is Cc1occc1-c1cc(N)n(Cc2ccc(Cl)cc2)n1. The summed E-state index contributed by atoms with van der Waals surface area (Å²) in [6, 6.07) is 11.4. The van der Waals surface area contributed by atoms with Gasteiger partial charge >= 0.3 is 0 Å². The summed E-state index contributed by atoms with van der Waals surface area (Å²) in [5.74, 6) is 1.46.